The highest BCUT2D eigenvalue weighted by atomic mass is 14.9. The highest BCUT2D eigenvalue weighted by molar-refractivity contribution is 5.99. The van der Waals surface area contributed by atoms with Gasteiger partial charge < -0.3 is 10.4 Å². The molecule has 1 fully saturated rings. The van der Waals surface area contributed by atoms with Gasteiger partial charge in [-0.1, -0.05) is 12.2 Å². The number of nitrogens with one attached hydrogen (secondary N) is 2. The summed E-state index contributed by atoms with van der Waals surface area (Å²) in [7, 11) is 0. The Labute approximate surface area is 101 Å². The van der Waals surface area contributed by atoms with Crippen molar-refractivity contribution in [2.45, 2.75) is 32.1 Å². The molecule has 3 rings (SSSR count). The molecule has 3 nitrogen and oxygen atoms in total. The van der Waals surface area contributed by atoms with Crippen molar-refractivity contribution in [3.05, 3.63) is 41.5 Å². The quantitative estimate of drug-likeness (QED) is 0.801. The van der Waals surface area contributed by atoms with Crippen LogP contribution in [0.2, 0.25) is 0 Å². The first-order valence-electron chi connectivity index (χ1n) is 6.28. The van der Waals surface area contributed by atoms with Gasteiger partial charge in [0.15, 0.2) is 0 Å². The Morgan fingerprint density at radius 2 is 2.41 bits per heavy atom. The van der Waals surface area contributed by atoms with Crippen LogP contribution in [0, 0.1) is 11.3 Å². The fraction of sp³-hybridized carbons (Fsp3) is 0.429. The second kappa shape index (κ2) is 4.32. The number of aromatic nitrogens is 2. The molecule has 0 amide bonds. The molecule has 0 radical (unpaired) electrons. The predicted octanol–water partition coefficient (Wildman–Crippen LogP) is 3.03. The molecular weight excluding hydrogens is 210 g/mol. The van der Waals surface area contributed by atoms with Crippen LogP contribution >= 0.6 is 0 Å². The van der Waals surface area contributed by atoms with Crippen LogP contribution in [0.1, 0.15) is 31.4 Å². The number of hydrogen-bond acceptors (Lipinski definition) is 2. The molecule has 17 heavy (non-hydrogen) atoms. The SMILES string of the molecule is N=C1CCCC2CC=C(Cc3cnc[nH]3)C=C12. The van der Waals surface area contributed by atoms with E-state index in [1.54, 1.807) is 6.33 Å². The van der Waals surface area contributed by atoms with E-state index < -0.39 is 0 Å². The van der Waals surface area contributed by atoms with E-state index in [1.807, 2.05) is 6.20 Å². The Morgan fingerprint density at radius 1 is 1.47 bits per heavy atom. The van der Waals surface area contributed by atoms with Gasteiger partial charge in [0.2, 0.25) is 0 Å². The maximum atomic E-state index is 8.04. The van der Waals surface area contributed by atoms with Gasteiger partial charge in [0.05, 0.1) is 6.33 Å². The van der Waals surface area contributed by atoms with Gasteiger partial charge in [0.25, 0.3) is 0 Å². The molecule has 2 aliphatic carbocycles. The van der Waals surface area contributed by atoms with Gasteiger partial charge >= 0.3 is 0 Å². The van der Waals surface area contributed by atoms with Crippen molar-refractivity contribution < 1.29 is 0 Å². The number of rotatable bonds is 2. The number of fused-ring (bicyclic) bond motifs is 1. The molecule has 2 aliphatic rings. The molecule has 0 saturated heterocycles. The summed E-state index contributed by atoms with van der Waals surface area (Å²) in [6.45, 7) is 0. The van der Waals surface area contributed by atoms with Gasteiger partial charge in [-0.25, -0.2) is 4.98 Å². The van der Waals surface area contributed by atoms with Gasteiger partial charge in [-0.15, -0.1) is 0 Å². The van der Waals surface area contributed by atoms with Crippen molar-refractivity contribution >= 4 is 5.71 Å². The Morgan fingerprint density at radius 3 is 3.24 bits per heavy atom. The first-order valence-corrected chi connectivity index (χ1v) is 6.28. The molecule has 1 aromatic rings. The highest BCUT2D eigenvalue weighted by Crippen LogP contribution is 2.34. The third-order valence-electron chi connectivity index (χ3n) is 3.72. The van der Waals surface area contributed by atoms with Crippen molar-refractivity contribution in [1.82, 2.24) is 9.97 Å². The zero-order valence-electron chi connectivity index (χ0n) is 9.87. The summed E-state index contributed by atoms with van der Waals surface area (Å²) in [5.74, 6) is 0.613. The monoisotopic (exact) mass is 227 g/mol. The van der Waals surface area contributed by atoms with E-state index in [9.17, 15) is 0 Å². The maximum Gasteiger partial charge on any atom is 0.0921 e. The van der Waals surface area contributed by atoms with Crippen LogP contribution in [0.3, 0.4) is 0 Å². The van der Waals surface area contributed by atoms with Gasteiger partial charge in [-0.05, 0) is 42.7 Å². The third kappa shape index (κ3) is 2.09. The van der Waals surface area contributed by atoms with E-state index in [0.29, 0.717) is 5.92 Å². The van der Waals surface area contributed by atoms with Crippen molar-refractivity contribution in [1.29, 1.82) is 5.41 Å². The minimum absolute atomic E-state index is 0.613. The Hall–Kier alpha value is -1.64. The second-order valence-electron chi connectivity index (χ2n) is 4.94. The number of allylic oxidation sites excluding steroid dienone is 4. The number of H-pyrrole nitrogens is 1. The lowest BCUT2D eigenvalue weighted by Crippen LogP contribution is -2.20. The van der Waals surface area contributed by atoms with Crippen LogP contribution in [0.15, 0.2) is 35.8 Å². The van der Waals surface area contributed by atoms with E-state index in [0.717, 1.165) is 30.7 Å². The average Bonchev–Trinajstić information content (AvgIpc) is 2.83. The maximum absolute atomic E-state index is 8.04. The lowest BCUT2D eigenvalue weighted by atomic mass is 9.77. The predicted molar refractivity (Wildman–Crippen MR) is 68.1 cm³/mol. The summed E-state index contributed by atoms with van der Waals surface area (Å²) in [6.07, 6.45) is 13.6. The first kappa shape index (κ1) is 10.5. The third-order valence-corrected chi connectivity index (χ3v) is 3.72. The number of aromatic amines is 1. The first-order chi connectivity index (χ1) is 8.33. The van der Waals surface area contributed by atoms with E-state index >= 15 is 0 Å². The normalized spacial score (nSPS) is 24.0. The molecule has 3 heteroatoms. The summed E-state index contributed by atoms with van der Waals surface area (Å²) in [6, 6.07) is 0. The molecule has 1 unspecified atom stereocenters. The van der Waals surface area contributed by atoms with Crippen molar-refractivity contribution in [2.24, 2.45) is 5.92 Å². The highest BCUT2D eigenvalue weighted by Gasteiger charge is 2.24. The zero-order chi connectivity index (χ0) is 11.7. The van der Waals surface area contributed by atoms with Gasteiger partial charge in [0.1, 0.15) is 0 Å². The smallest absolute Gasteiger partial charge is 0.0921 e. The topological polar surface area (TPSA) is 52.5 Å². The summed E-state index contributed by atoms with van der Waals surface area (Å²) in [5, 5.41) is 8.04. The molecule has 1 aromatic heterocycles. The summed E-state index contributed by atoms with van der Waals surface area (Å²) < 4.78 is 0. The van der Waals surface area contributed by atoms with Crippen LogP contribution in [0.4, 0.5) is 0 Å². The van der Waals surface area contributed by atoms with Gasteiger partial charge in [0, 0.05) is 24.0 Å². The molecule has 2 N–H and O–H groups in total. The molecule has 1 heterocycles. The molecule has 0 bridgehead atoms. The van der Waals surface area contributed by atoms with Crippen molar-refractivity contribution in [3.63, 3.8) is 0 Å². The van der Waals surface area contributed by atoms with Gasteiger partial charge in [-0.2, -0.15) is 0 Å². The van der Waals surface area contributed by atoms with E-state index in [-0.39, 0.29) is 0 Å². The summed E-state index contributed by atoms with van der Waals surface area (Å²) in [4.78, 5) is 7.17. The van der Waals surface area contributed by atoms with E-state index in [2.05, 4.69) is 22.1 Å². The van der Waals surface area contributed by atoms with Crippen LogP contribution in [0.25, 0.3) is 0 Å². The summed E-state index contributed by atoms with van der Waals surface area (Å²) in [5.41, 5.74) is 4.62. The number of imidazole rings is 1. The lowest BCUT2D eigenvalue weighted by Gasteiger charge is -2.28. The average molecular weight is 227 g/mol. The minimum atomic E-state index is 0.613. The fourth-order valence-corrected chi connectivity index (χ4v) is 2.80. The molecule has 1 saturated carbocycles. The number of hydrogen-bond donors (Lipinski definition) is 2. The molecular formula is C14H17N3. The molecule has 1 atom stereocenters. The molecule has 0 aromatic carbocycles. The number of nitrogens with zero attached hydrogens (tertiary/aromatic N) is 1. The van der Waals surface area contributed by atoms with Crippen molar-refractivity contribution in [3.8, 4) is 0 Å². The zero-order valence-corrected chi connectivity index (χ0v) is 9.87. The second-order valence-corrected chi connectivity index (χ2v) is 4.94. The van der Waals surface area contributed by atoms with Crippen LogP contribution < -0.4 is 0 Å². The standard InChI is InChI=1S/C14H17N3/c15-14-3-1-2-11-5-4-10(7-13(11)14)6-12-8-16-9-17-12/h4,7-9,11,15H,1-3,5-6H2,(H,16,17). The van der Waals surface area contributed by atoms with Gasteiger partial charge in [-0.3, -0.25) is 0 Å². The minimum Gasteiger partial charge on any atom is -0.348 e. The molecule has 0 spiro atoms. The lowest BCUT2D eigenvalue weighted by molar-refractivity contribution is 0.530. The fourth-order valence-electron chi connectivity index (χ4n) is 2.80. The Kier molecular flexibility index (Phi) is 2.67. The van der Waals surface area contributed by atoms with Crippen LogP contribution in [-0.4, -0.2) is 15.7 Å². The van der Waals surface area contributed by atoms with Crippen molar-refractivity contribution in [2.75, 3.05) is 0 Å². The molecule has 0 aliphatic heterocycles. The largest absolute Gasteiger partial charge is 0.348 e. The van der Waals surface area contributed by atoms with Crippen LogP contribution in [0.5, 0.6) is 0 Å². The van der Waals surface area contributed by atoms with E-state index in [4.69, 9.17) is 5.41 Å². The Balaban J connectivity index is 1.80. The Bertz CT molecular complexity index is 480. The summed E-state index contributed by atoms with van der Waals surface area (Å²) >= 11 is 0. The molecule has 88 valence electrons. The van der Waals surface area contributed by atoms with E-state index in [1.165, 1.54) is 24.0 Å². The van der Waals surface area contributed by atoms with Crippen LogP contribution in [-0.2, 0) is 6.42 Å².